The molecule has 27 heavy (non-hydrogen) atoms. The Morgan fingerprint density at radius 3 is 2.26 bits per heavy atom. The van der Waals surface area contributed by atoms with E-state index in [0.29, 0.717) is 12.1 Å². The van der Waals surface area contributed by atoms with E-state index in [4.69, 9.17) is 4.84 Å². The molecule has 0 saturated heterocycles. The largest absolute Gasteiger partial charge is 0.351 e. The van der Waals surface area contributed by atoms with E-state index in [1.54, 1.807) is 0 Å². The smallest absolute Gasteiger partial charge is 0.264 e. The van der Waals surface area contributed by atoms with Crippen LogP contribution in [0.15, 0.2) is 59.5 Å². The molecule has 0 spiro atoms. The molecule has 0 unspecified atom stereocenters. The lowest BCUT2D eigenvalue weighted by Crippen LogP contribution is -2.45. The fourth-order valence-corrected chi connectivity index (χ4v) is 4.31. The van der Waals surface area contributed by atoms with Crippen molar-refractivity contribution in [1.82, 2.24) is 9.79 Å². The van der Waals surface area contributed by atoms with Gasteiger partial charge in [-0.05, 0) is 42.7 Å². The van der Waals surface area contributed by atoms with E-state index in [1.807, 2.05) is 18.2 Å². The molecule has 2 aromatic rings. The molecule has 7 heteroatoms. The minimum Gasteiger partial charge on any atom is -0.351 e. The summed E-state index contributed by atoms with van der Waals surface area (Å²) in [6.45, 7) is 0.572. The van der Waals surface area contributed by atoms with Gasteiger partial charge in [0.05, 0.1) is 12.0 Å². The fraction of sp³-hybridized carbons (Fsp3) is 0.350. The first kappa shape index (κ1) is 19.5. The summed E-state index contributed by atoms with van der Waals surface area (Å²) in [6.07, 6.45) is 3.26. The molecule has 0 aliphatic heterocycles. The van der Waals surface area contributed by atoms with Gasteiger partial charge in [-0.2, -0.15) is 0 Å². The summed E-state index contributed by atoms with van der Waals surface area (Å²) in [5.41, 5.74) is 1.68. The summed E-state index contributed by atoms with van der Waals surface area (Å²) < 4.78 is 25.2. The molecule has 3 rings (SSSR count). The van der Waals surface area contributed by atoms with E-state index in [0.717, 1.165) is 23.7 Å². The summed E-state index contributed by atoms with van der Waals surface area (Å²) in [6, 6.07) is 16.1. The number of carbonyl (C=O) groups is 1. The first-order chi connectivity index (χ1) is 12.9. The number of benzene rings is 2. The van der Waals surface area contributed by atoms with Crippen molar-refractivity contribution in [2.45, 2.75) is 29.6 Å². The summed E-state index contributed by atoms with van der Waals surface area (Å²) in [5, 5.41) is 3.01. The first-order valence-corrected chi connectivity index (χ1v) is 10.3. The zero-order valence-corrected chi connectivity index (χ0v) is 16.3. The molecule has 144 valence electrons. The van der Waals surface area contributed by atoms with Crippen molar-refractivity contribution in [2.75, 3.05) is 20.7 Å². The van der Waals surface area contributed by atoms with Crippen LogP contribution in [0, 0.1) is 0 Å². The molecule has 0 atom stereocenters. The second kappa shape index (κ2) is 7.80. The Hall–Kier alpha value is -2.22. The first-order valence-electron chi connectivity index (χ1n) is 8.86. The molecule has 0 radical (unpaired) electrons. The van der Waals surface area contributed by atoms with E-state index < -0.39 is 10.0 Å². The van der Waals surface area contributed by atoms with E-state index in [-0.39, 0.29) is 16.2 Å². The highest BCUT2D eigenvalue weighted by atomic mass is 32.2. The van der Waals surface area contributed by atoms with Crippen LogP contribution in [0.5, 0.6) is 0 Å². The van der Waals surface area contributed by atoms with Gasteiger partial charge in [0.2, 0.25) is 0 Å². The van der Waals surface area contributed by atoms with Crippen molar-refractivity contribution >= 4 is 15.9 Å². The molecule has 0 bridgehead atoms. The van der Waals surface area contributed by atoms with Gasteiger partial charge >= 0.3 is 0 Å². The van der Waals surface area contributed by atoms with Crippen molar-refractivity contribution in [3.63, 3.8) is 0 Å². The predicted octanol–water partition coefficient (Wildman–Crippen LogP) is 2.72. The van der Waals surface area contributed by atoms with Crippen molar-refractivity contribution in [2.24, 2.45) is 0 Å². The number of rotatable bonds is 7. The van der Waals surface area contributed by atoms with Gasteiger partial charge in [-0.1, -0.05) is 41.2 Å². The number of carbonyl (C=O) groups excluding carboxylic acids is 1. The Labute approximate surface area is 160 Å². The molecule has 1 saturated carbocycles. The summed E-state index contributed by atoms with van der Waals surface area (Å²) in [4.78, 5) is 17.3. The van der Waals surface area contributed by atoms with Crippen LogP contribution in [0.4, 0.5) is 0 Å². The van der Waals surface area contributed by atoms with Crippen LogP contribution >= 0.6 is 0 Å². The van der Waals surface area contributed by atoms with Crippen molar-refractivity contribution in [3.05, 3.63) is 65.7 Å². The van der Waals surface area contributed by atoms with Crippen LogP contribution in [0.1, 0.15) is 35.2 Å². The Kier molecular flexibility index (Phi) is 5.64. The standard InChI is InChI=1S/C20H24N2O4S/c1-22(26-2)27(24,25)18-11-9-16(10-12-18)19(23)21-15-20(13-6-14-20)17-7-4-3-5-8-17/h3-5,7-12H,6,13-15H2,1-2H3,(H,21,23). The molecule has 1 fully saturated rings. The van der Waals surface area contributed by atoms with Crippen LogP contribution in [-0.2, 0) is 20.3 Å². The SMILES string of the molecule is CON(C)S(=O)(=O)c1ccc(C(=O)NCC2(c3ccccc3)CCC2)cc1. The van der Waals surface area contributed by atoms with Crippen molar-refractivity contribution in [3.8, 4) is 0 Å². The molecular formula is C20H24N2O4S. The van der Waals surface area contributed by atoms with Crippen LogP contribution < -0.4 is 5.32 Å². The van der Waals surface area contributed by atoms with Crippen molar-refractivity contribution in [1.29, 1.82) is 0 Å². The molecule has 1 aliphatic carbocycles. The highest BCUT2D eigenvalue weighted by Gasteiger charge is 2.38. The van der Waals surface area contributed by atoms with Gasteiger partial charge < -0.3 is 5.32 Å². The molecule has 2 aromatic carbocycles. The van der Waals surface area contributed by atoms with Gasteiger partial charge in [0, 0.05) is 24.6 Å². The van der Waals surface area contributed by atoms with Gasteiger partial charge in [0.15, 0.2) is 0 Å². The quantitative estimate of drug-likeness (QED) is 0.740. The topological polar surface area (TPSA) is 75.7 Å². The van der Waals surface area contributed by atoms with E-state index >= 15 is 0 Å². The average molecular weight is 388 g/mol. The minimum atomic E-state index is -3.72. The summed E-state index contributed by atoms with van der Waals surface area (Å²) >= 11 is 0. The number of hydrogen-bond donors (Lipinski definition) is 1. The summed E-state index contributed by atoms with van der Waals surface area (Å²) in [7, 11) is -1.12. The third-order valence-corrected chi connectivity index (χ3v) is 6.99. The highest BCUT2D eigenvalue weighted by Crippen LogP contribution is 2.43. The Morgan fingerprint density at radius 2 is 1.74 bits per heavy atom. The lowest BCUT2D eigenvalue weighted by molar-refractivity contribution is -0.0258. The van der Waals surface area contributed by atoms with Gasteiger partial charge in [0.25, 0.3) is 15.9 Å². The Balaban J connectivity index is 1.68. The number of sulfonamides is 1. The van der Waals surface area contributed by atoms with Gasteiger partial charge in [-0.25, -0.2) is 8.42 Å². The zero-order valence-electron chi connectivity index (χ0n) is 15.5. The van der Waals surface area contributed by atoms with Crippen LogP contribution in [-0.4, -0.2) is 39.5 Å². The normalized spacial score (nSPS) is 16.0. The van der Waals surface area contributed by atoms with Crippen LogP contribution in [0.2, 0.25) is 0 Å². The second-order valence-corrected chi connectivity index (χ2v) is 8.74. The molecular weight excluding hydrogens is 364 g/mol. The number of hydroxylamine groups is 1. The maximum absolute atomic E-state index is 12.5. The average Bonchev–Trinajstić information content (AvgIpc) is 2.67. The zero-order chi connectivity index (χ0) is 19.5. The van der Waals surface area contributed by atoms with Crippen LogP contribution in [0.25, 0.3) is 0 Å². The molecule has 1 aliphatic rings. The van der Waals surface area contributed by atoms with Crippen LogP contribution in [0.3, 0.4) is 0 Å². The molecule has 1 N–H and O–H groups in total. The monoisotopic (exact) mass is 388 g/mol. The Bertz CT molecular complexity index is 891. The van der Waals surface area contributed by atoms with Crippen molar-refractivity contribution < 1.29 is 18.0 Å². The molecule has 1 amide bonds. The number of nitrogens with one attached hydrogen (secondary N) is 1. The molecule has 0 aromatic heterocycles. The van der Waals surface area contributed by atoms with E-state index in [2.05, 4.69) is 17.4 Å². The third-order valence-electron chi connectivity index (χ3n) is 5.29. The number of hydrogen-bond acceptors (Lipinski definition) is 4. The highest BCUT2D eigenvalue weighted by molar-refractivity contribution is 7.89. The lowest BCUT2D eigenvalue weighted by Gasteiger charge is -2.42. The predicted molar refractivity (Wildman–Crippen MR) is 103 cm³/mol. The minimum absolute atomic E-state index is 0.00137. The maximum atomic E-state index is 12.5. The van der Waals surface area contributed by atoms with E-state index in [9.17, 15) is 13.2 Å². The van der Waals surface area contributed by atoms with Gasteiger partial charge in [0.1, 0.15) is 0 Å². The molecule has 6 nitrogen and oxygen atoms in total. The van der Waals surface area contributed by atoms with E-state index in [1.165, 1.54) is 44.0 Å². The maximum Gasteiger partial charge on any atom is 0.264 e. The van der Waals surface area contributed by atoms with Gasteiger partial charge in [-0.3, -0.25) is 9.63 Å². The fourth-order valence-electron chi connectivity index (χ4n) is 3.34. The van der Waals surface area contributed by atoms with Gasteiger partial charge in [-0.15, -0.1) is 0 Å². The second-order valence-electron chi connectivity index (χ2n) is 6.80. The number of amides is 1. The molecule has 0 heterocycles. The third kappa shape index (κ3) is 3.90. The number of nitrogens with zero attached hydrogens (tertiary/aromatic N) is 1. The summed E-state index contributed by atoms with van der Waals surface area (Å²) in [5.74, 6) is -0.207. The Morgan fingerprint density at radius 1 is 1.11 bits per heavy atom. The lowest BCUT2D eigenvalue weighted by atomic mass is 9.64.